The average molecular weight is 260 g/mol. The number of benzene rings is 1. The molecule has 0 aliphatic rings. The molecular formula is C14H16N2OS. The van der Waals surface area contributed by atoms with Crippen LogP contribution >= 0.6 is 11.8 Å². The summed E-state index contributed by atoms with van der Waals surface area (Å²) in [6.45, 7) is 4.18. The number of para-hydroxylation sites is 1. The van der Waals surface area contributed by atoms with Crippen LogP contribution in [0.1, 0.15) is 24.3 Å². The van der Waals surface area contributed by atoms with E-state index in [1.807, 2.05) is 30.3 Å². The molecule has 0 amide bonds. The summed E-state index contributed by atoms with van der Waals surface area (Å²) in [6.07, 6.45) is 1.67. The maximum absolute atomic E-state index is 12.1. The minimum absolute atomic E-state index is 0.120. The minimum Gasteiger partial charge on any atom is -0.292 e. The van der Waals surface area contributed by atoms with Crippen LogP contribution in [0.25, 0.3) is 5.69 Å². The molecule has 0 saturated heterocycles. The molecule has 0 bridgehead atoms. The zero-order valence-corrected chi connectivity index (χ0v) is 11.4. The van der Waals surface area contributed by atoms with Gasteiger partial charge in [0.1, 0.15) is 5.69 Å². The van der Waals surface area contributed by atoms with E-state index in [-0.39, 0.29) is 5.78 Å². The first-order valence-electron chi connectivity index (χ1n) is 5.92. The van der Waals surface area contributed by atoms with Crippen molar-refractivity contribution >= 4 is 17.5 Å². The van der Waals surface area contributed by atoms with Gasteiger partial charge in [-0.05, 0) is 23.4 Å². The smallest absolute Gasteiger partial charge is 0.191 e. The second-order valence-electron chi connectivity index (χ2n) is 4.25. The molecule has 0 unspecified atom stereocenters. The van der Waals surface area contributed by atoms with Crippen LogP contribution in [0.3, 0.4) is 0 Å². The van der Waals surface area contributed by atoms with Gasteiger partial charge in [-0.25, -0.2) is 4.68 Å². The van der Waals surface area contributed by atoms with Gasteiger partial charge in [-0.3, -0.25) is 4.79 Å². The summed E-state index contributed by atoms with van der Waals surface area (Å²) in [6, 6.07) is 11.5. The first-order valence-corrected chi connectivity index (χ1v) is 6.97. The molecule has 1 aromatic heterocycles. The number of aromatic nitrogens is 2. The molecule has 1 heterocycles. The molecule has 0 N–H and O–H groups in total. The summed E-state index contributed by atoms with van der Waals surface area (Å²) in [7, 11) is 0. The molecule has 1 aromatic carbocycles. The highest BCUT2D eigenvalue weighted by Gasteiger charge is 2.13. The lowest BCUT2D eigenvalue weighted by Gasteiger charge is -2.07. The quantitative estimate of drug-likeness (QED) is 0.774. The van der Waals surface area contributed by atoms with Gasteiger partial charge in [-0.1, -0.05) is 32.0 Å². The van der Waals surface area contributed by atoms with Crippen molar-refractivity contribution in [3.63, 3.8) is 0 Å². The summed E-state index contributed by atoms with van der Waals surface area (Å²) in [4.78, 5) is 12.1. The number of rotatable bonds is 5. The lowest BCUT2D eigenvalue weighted by molar-refractivity contribution is 0.101. The van der Waals surface area contributed by atoms with Gasteiger partial charge >= 0.3 is 0 Å². The van der Waals surface area contributed by atoms with Gasteiger partial charge in [0.15, 0.2) is 5.78 Å². The van der Waals surface area contributed by atoms with Gasteiger partial charge in [0, 0.05) is 0 Å². The van der Waals surface area contributed by atoms with Crippen LogP contribution in [0.2, 0.25) is 0 Å². The van der Waals surface area contributed by atoms with Gasteiger partial charge in [-0.2, -0.15) is 16.9 Å². The summed E-state index contributed by atoms with van der Waals surface area (Å²) in [5.41, 5.74) is 1.56. The third kappa shape index (κ3) is 3.01. The molecule has 94 valence electrons. The molecule has 0 aliphatic heterocycles. The number of ketones is 1. The van der Waals surface area contributed by atoms with Gasteiger partial charge in [0.25, 0.3) is 0 Å². The molecule has 0 radical (unpaired) electrons. The molecule has 0 fully saturated rings. The maximum atomic E-state index is 12.1. The summed E-state index contributed by atoms with van der Waals surface area (Å²) in [5.74, 6) is 0.617. The second kappa shape index (κ2) is 5.87. The van der Waals surface area contributed by atoms with Gasteiger partial charge in [0.2, 0.25) is 0 Å². The Labute approximate surface area is 111 Å². The molecule has 0 saturated carbocycles. The Balaban J connectivity index is 2.20. The van der Waals surface area contributed by atoms with Gasteiger partial charge in [-0.15, -0.1) is 0 Å². The van der Waals surface area contributed by atoms with E-state index in [9.17, 15) is 4.79 Å². The Hall–Kier alpha value is -1.55. The highest BCUT2D eigenvalue weighted by molar-refractivity contribution is 8.00. The second-order valence-corrected chi connectivity index (χ2v) is 5.81. The first-order chi connectivity index (χ1) is 8.68. The topological polar surface area (TPSA) is 34.9 Å². The number of thioether (sulfide) groups is 1. The Kier molecular flexibility index (Phi) is 4.20. The molecule has 2 rings (SSSR count). The SMILES string of the molecule is CC(C)SCC(=O)c1ccnn1-c1ccccc1. The van der Waals surface area contributed by atoms with Crippen LogP contribution in [-0.4, -0.2) is 26.6 Å². The zero-order valence-electron chi connectivity index (χ0n) is 10.5. The van der Waals surface area contributed by atoms with Crippen molar-refractivity contribution in [2.75, 3.05) is 5.75 Å². The maximum Gasteiger partial charge on any atom is 0.191 e. The van der Waals surface area contributed by atoms with E-state index in [2.05, 4.69) is 18.9 Å². The van der Waals surface area contributed by atoms with E-state index in [1.54, 1.807) is 28.7 Å². The normalized spacial score (nSPS) is 10.8. The van der Waals surface area contributed by atoms with Crippen molar-refractivity contribution in [1.29, 1.82) is 0 Å². The van der Waals surface area contributed by atoms with Crippen molar-refractivity contribution in [2.45, 2.75) is 19.1 Å². The van der Waals surface area contributed by atoms with Crippen molar-refractivity contribution in [2.24, 2.45) is 0 Å². The van der Waals surface area contributed by atoms with Crippen molar-refractivity contribution in [3.8, 4) is 5.69 Å². The number of hydrogen-bond acceptors (Lipinski definition) is 3. The first kappa shape index (κ1) is 12.9. The third-order valence-electron chi connectivity index (χ3n) is 2.48. The number of carbonyl (C=O) groups is 1. The van der Waals surface area contributed by atoms with Crippen LogP contribution in [0.4, 0.5) is 0 Å². The molecule has 4 heteroatoms. The zero-order chi connectivity index (χ0) is 13.0. The summed E-state index contributed by atoms with van der Waals surface area (Å²) >= 11 is 1.65. The Morgan fingerprint density at radius 3 is 2.67 bits per heavy atom. The monoisotopic (exact) mass is 260 g/mol. The van der Waals surface area contributed by atoms with E-state index >= 15 is 0 Å². The largest absolute Gasteiger partial charge is 0.292 e. The molecular weight excluding hydrogens is 244 g/mol. The number of nitrogens with zero attached hydrogens (tertiary/aromatic N) is 2. The predicted octanol–water partition coefficient (Wildman–Crippen LogP) is 3.20. The highest BCUT2D eigenvalue weighted by atomic mass is 32.2. The lowest BCUT2D eigenvalue weighted by atomic mass is 10.3. The third-order valence-corrected chi connectivity index (χ3v) is 3.57. The van der Waals surface area contributed by atoms with Crippen molar-refractivity contribution < 1.29 is 4.79 Å². The fraction of sp³-hybridized carbons (Fsp3) is 0.286. The molecule has 18 heavy (non-hydrogen) atoms. The number of Topliss-reactive ketones (excluding diaryl/α,β-unsaturated/α-hetero) is 1. The Morgan fingerprint density at radius 1 is 1.28 bits per heavy atom. The van der Waals surface area contributed by atoms with Crippen LogP contribution < -0.4 is 0 Å². The van der Waals surface area contributed by atoms with Crippen molar-refractivity contribution in [3.05, 3.63) is 48.3 Å². The fourth-order valence-electron chi connectivity index (χ4n) is 1.61. The number of hydrogen-bond donors (Lipinski definition) is 0. The fourth-order valence-corrected chi connectivity index (χ4v) is 2.24. The highest BCUT2D eigenvalue weighted by Crippen LogP contribution is 2.15. The van der Waals surface area contributed by atoms with Crippen LogP contribution in [0, 0.1) is 0 Å². The summed E-state index contributed by atoms with van der Waals surface area (Å²) < 4.78 is 1.70. The summed E-state index contributed by atoms with van der Waals surface area (Å²) in [5, 5.41) is 4.68. The standard InChI is InChI=1S/C14H16N2OS/c1-11(2)18-10-14(17)13-8-9-15-16(13)12-6-4-3-5-7-12/h3-9,11H,10H2,1-2H3. The average Bonchev–Trinajstić information content (AvgIpc) is 2.86. The van der Waals surface area contributed by atoms with E-state index in [1.165, 1.54) is 0 Å². The Bertz CT molecular complexity index is 520. The molecule has 3 nitrogen and oxygen atoms in total. The number of carbonyl (C=O) groups excluding carboxylic acids is 1. The van der Waals surface area contributed by atoms with E-state index in [4.69, 9.17) is 0 Å². The van der Waals surface area contributed by atoms with Gasteiger partial charge < -0.3 is 0 Å². The predicted molar refractivity (Wildman–Crippen MR) is 75.5 cm³/mol. The van der Waals surface area contributed by atoms with Gasteiger partial charge in [0.05, 0.1) is 17.6 Å². The molecule has 2 aromatic rings. The van der Waals surface area contributed by atoms with Crippen LogP contribution in [0.15, 0.2) is 42.6 Å². The van der Waals surface area contributed by atoms with Crippen LogP contribution in [0.5, 0.6) is 0 Å². The minimum atomic E-state index is 0.120. The molecule has 0 atom stereocenters. The van der Waals surface area contributed by atoms with E-state index in [0.29, 0.717) is 16.7 Å². The molecule has 0 aliphatic carbocycles. The molecule has 0 spiro atoms. The van der Waals surface area contributed by atoms with E-state index in [0.717, 1.165) is 5.69 Å². The lowest BCUT2D eigenvalue weighted by Crippen LogP contribution is -2.11. The Morgan fingerprint density at radius 2 is 2.00 bits per heavy atom. The van der Waals surface area contributed by atoms with E-state index < -0.39 is 0 Å². The van der Waals surface area contributed by atoms with Crippen molar-refractivity contribution in [1.82, 2.24) is 9.78 Å². The van der Waals surface area contributed by atoms with Crippen LogP contribution in [-0.2, 0) is 0 Å².